The van der Waals surface area contributed by atoms with Gasteiger partial charge in [-0.1, -0.05) is 12.8 Å². The Hall–Kier alpha value is -1.58. The van der Waals surface area contributed by atoms with E-state index in [1.807, 2.05) is 19.1 Å². The van der Waals surface area contributed by atoms with E-state index in [0.717, 1.165) is 31.2 Å². The summed E-state index contributed by atoms with van der Waals surface area (Å²) >= 11 is 4.49. The lowest BCUT2D eigenvalue weighted by Crippen LogP contribution is -2.44. The first-order valence-electron chi connectivity index (χ1n) is 6.73. The molecule has 2 heterocycles. The summed E-state index contributed by atoms with van der Waals surface area (Å²) in [6.45, 7) is 1.82. The smallest absolute Gasteiger partial charge is 0.249 e. The van der Waals surface area contributed by atoms with E-state index in [1.54, 1.807) is 11.1 Å². The molecule has 0 aromatic carbocycles. The number of thiol groups is 1. The number of hydrogen-bond donors (Lipinski definition) is 2. The van der Waals surface area contributed by atoms with Crippen LogP contribution >= 0.6 is 12.6 Å². The zero-order valence-electron chi connectivity index (χ0n) is 11.3. The number of pyridine rings is 1. The van der Waals surface area contributed by atoms with Gasteiger partial charge >= 0.3 is 0 Å². The van der Waals surface area contributed by atoms with E-state index in [0.29, 0.717) is 11.4 Å². The van der Waals surface area contributed by atoms with Crippen molar-refractivity contribution in [3.63, 3.8) is 0 Å². The highest BCUT2D eigenvalue weighted by molar-refractivity contribution is 7.81. The van der Waals surface area contributed by atoms with Gasteiger partial charge in [-0.3, -0.25) is 15.0 Å². The van der Waals surface area contributed by atoms with Crippen LogP contribution < -0.4 is 10.2 Å². The molecule has 6 heteroatoms. The monoisotopic (exact) mass is 288 g/mol. The summed E-state index contributed by atoms with van der Waals surface area (Å²) in [4.78, 5) is 18.5. The van der Waals surface area contributed by atoms with Crippen molar-refractivity contribution in [2.24, 2.45) is 0 Å². The maximum absolute atomic E-state index is 12.7. The van der Waals surface area contributed by atoms with Gasteiger partial charge in [-0.05, 0) is 31.4 Å². The van der Waals surface area contributed by atoms with Crippen LogP contribution in [0.4, 0.5) is 5.69 Å². The van der Waals surface area contributed by atoms with Gasteiger partial charge in [0, 0.05) is 0 Å². The van der Waals surface area contributed by atoms with Crippen LogP contribution in [0.2, 0.25) is 0 Å². The molecule has 1 spiro atoms. The number of aryl methyl sites for hydroxylation is 1. The number of hydrogen-bond acceptors (Lipinski definition) is 5. The summed E-state index contributed by atoms with van der Waals surface area (Å²) in [5.74, 6) is 0.0703. The minimum atomic E-state index is -0.450. The lowest BCUT2D eigenvalue weighted by molar-refractivity contribution is -0.121. The fourth-order valence-electron chi connectivity index (χ4n) is 3.12. The SMILES string of the molecule is Cc1cc(N2C(=O)C3(CCCC3)NC2S)cnc1C#N. The number of nitriles is 1. The highest BCUT2D eigenvalue weighted by Gasteiger charge is 2.52. The topological polar surface area (TPSA) is 69.0 Å². The van der Waals surface area contributed by atoms with Crippen LogP contribution in [0.25, 0.3) is 0 Å². The van der Waals surface area contributed by atoms with Crippen LogP contribution in [-0.4, -0.2) is 21.9 Å². The molecule has 3 rings (SSSR count). The quantitative estimate of drug-likeness (QED) is 0.772. The van der Waals surface area contributed by atoms with E-state index in [-0.39, 0.29) is 11.4 Å². The van der Waals surface area contributed by atoms with Crippen LogP contribution in [0, 0.1) is 18.3 Å². The largest absolute Gasteiger partial charge is 0.284 e. The van der Waals surface area contributed by atoms with Gasteiger partial charge < -0.3 is 0 Å². The summed E-state index contributed by atoms with van der Waals surface area (Å²) in [5.41, 5.74) is 1.07. The van der Waals surface area contributed by atoms with E-state index in [1.165, 1.54) is 0 Å². The van der Waals surface area contributed by atoms with E-state index in [4.69, 9.17) is 5.26 Å². The van der Waals surface area contributed by atoms with Gasteiger partial charge in [-0.2, -0.15) is 5.26 Å². The fraction of sp³-hybridized carbons (Fsp3) is 0.500. The molecule has 1 N–H and O–H groups in total. The number of amides is 1. The van der Waals surface area contributed by atoms with Crippen LogP contribution in [0.5, 0.6) is 0 Å². The Labute approximate surface area is 123 Å². The van der Waals surface area contributed by atoms with Gasteiger partial charge in [0.05, 0.1) is 11.9 Å². The standard InChI is InChI=1S/C14H16N4OS/c1-9-6-10(8-16-11(9)7-15)18-12(19)14(17-13(18)20)4-2-3-5-14/h6,8,13,17,20H,2-5H2,1H3. The number of aromatic nitrogens is 1. The summed E-state index contributed by atoms with van der Waals surface area (Å²) in [6.07, 6.45) is 5.43. The number of carbonyl (C=O) groups excluding carboxylic acids is 1. The summed E-state index contributed by atoms with van der Waals surface area (Å²) in [7, 11) is 0. The highest BCUT2D eigenvalue weighted by atomic mass is 32.1. The van der Waals surface area contributed by atoms with E-state index in [9.17, 15) is 4.79 Å². The molecule has 1 aromatic heterocycles. The second-order valence-electron chi connectivity index (χ2n) is 5.45. The Kier molecular flexibility index (Phi) is 3.19. The molecule has 1 aliphatic carbocycles. The first-order valence-corrected chi connectivity index (χ1v) is 7.25. The van der Waals surface area contributed by atoms with Gasteiger partial charge in [-0.15, -0.1) is 12.6 Å². The maximum atomic E-state index is 12.7. The Balaban J connectivity index is 1.96. The van der Waals surface area contributed by atoms with Crippen molar-refractivity contribution in [2.75, 3.05) is 4.90 Å². The number of nitrogens with zero attached hydrogens (tertiary/aromatic N) is 3. The molecule has 1 saturated heterocycles. The first kappa shape index (κ1) is 13.4. The lowest BCUT2D eigenvalue weighted by atomic mass is 9.98. The average molecular weight is 288 g/mol. The molecule has 1 aliphatic heterocycles. The van der Waals surface area contributed by atoms with Crippen LogP contribution in [-0.2, 0) is 4.79 Å². The van der Waals surface area contributed by atoms with Crippen molar-refractivity contribution < 1.29 is 4.79 Å². The highest BCUT2D eigenvalue weighted by Crippen LogP contribution is 2.39. The fourth-order valence-corrected chi connectivity index (χ4v) is 3.60. The summed E-state index contributed by atoms with van der Waals surface area (Å²) in [6, 6.07) is 3.86. The molecule has 1 atom stereocenters. The van der Waals surface area contributed by atoms with Crippen LogP contribution in [0.15, 0.2) is 12.3 Å². The molecule has 1 aromatic rings. The molecule has 2 fully saturated rings. The predicted molar refractivity (Wildman–Crippen MR) is 78.3 cm³/mol. The third-order valence-corrected chi connectivity index (χ3v) is 4.54. The van der Waals surface area contributed by atoms with Gasteiger partial charge in [0.2, 0.25) is 5.91 Å². The number of anilines is 1. The molecule has 0 radical (unpaired) electrons. The first-order chi connectivity index (χ1) is 9.57. The minimum absolute atomic E-state index is 0.0703. The van der Waals surface area contributed by atoms with Crippen molar-refractivity contribution in [3.05, 3.63) is 23.5 Å². The lowest BCUT2D eigenvalue weighted by Gasteiger charge is -2.22. The average Bonchev–Trinajstić information content (AvgIpc) is 2.97. The summed E-state index contributed by atoms with van der Waals surface area (Å²) < 4.78 is 0. The molecule has 20 heavy (non-hydrogen) atoms. The van der Waals surface area contributed by atoms with E-state index >= 15 is 0 Å². The number of nitrogens with one attached hydrogen (secondary N) is 1. The molecule has 2 aliphatic rings. The Morgan fingerprint density at radius 2 is 2.25 bits per heavy atom. The molecule has 5 nitrogen and oxygen atoms in total. The van der Waals surface area contributed by atoms with Crippen LogP contribution in [0.3, 0.4) is 0 Å². The predicted octanol–water partition coefficient (Wildman–Crippen LogP) is 1.72. The normalized spacial score (nSPS) is 24.4. The molecule has 1 saturated carbocycles. The molecule has 1 unspecified atom stereocenters. The van der Waals surface area contributed by atoms with Crippen molar-refractivity contribution in [1.82, 2.24) is 10.3 Å². The Morgan fingerprint density at radius 3 is 2.85 bits per heavy atom. The summed E-state index contributed by atoms with van der Waals surface area (Å²) in [5, 5.41) is 12.2. The van der Waals surface area contributed by atoms with Crippen LogP contribution in [0.1, 0.15) is 36.9 Å². The minimum Gasteiger partial charge on any atom is -0.284 e. The van der Waals surface area contributed by atoms with Crippen molar-refractivity contribution >= 4 is 24.2 Å². The Morgan fingerprint density at radius 1 is 1.55 bits per heavy atom. The second kappa shape index (κ2) is 4.76. The van der Waals surface area contributed by atoms with Gasteiger partial charge in [0.1, 0.15) is 22.8 Å². The van der Waals surface area contributed by atoms with Crippen molar-refractivity contribution in [2.45, 2.75) is 43.6 Å². The molecule has 1 amide bonds. The Bertz CT molecular complexity index is 604. The van der Waals surface area contributed by atoms with E-state index in [2.05, 4.69) is 22.9 Å². The zero-order chi connectivity index (χ0) is 14.3. The van der Waals surface area contributed by atoms with Gasteiger partial charge in [0.25, 0.3) is 0 Å². The molecule has 104 valence electrons. The van der Waals surface area contributed by atoms with Gasteiger partial charge in [-0.25, -0.2) is 4.98 Å². The van der Waals surface area contributed by atoms with E-state index < -0.39 is 5.54 Å². The maximum Gasteiger partial charge on any atom is 0.249 e. The third kappa shape index (κ3) is 1.89. The van der Waals surface area contributed by atoms with Crippen molar-refractivity contribution in [1.29, 1.82) is 5.26 Å². The molecule has 0 bridgehead atoms. The third-order valence-electron chi connectivity index (χ3n) is 4.18. The molecular weight excluding hydrogens is 272 g/mol. The number of carbonyl (C=O) groups is 1. The molecular formula is C14H16N4OS. The van der Waals surface area contributed by atoms with Crippen molar-refractivity contribution in [3.8, 4) is 6.07 Å². The van der Waals surface area contributed by atoms with Gasteiger partial charge in [0.15, 0.2) is 0 Å². The number of rotatable bonds is 1. The second-order valence-corrected chi connectivity index (χ2v) is 5.94. The zero-order valence-corrected chi connectivity index (χ0v) is 12.2.